The third-order valence-corrected chi connectivity index (χ3v) is 5.12. The number of fused-ring (bicyclic) bond motifs is 2. The van der Waals surface area contributed by atoms with E-state index in [1.807, 2.05) is 0 Å². The summed E-state index contributed by atoms with van der Waals surface area (Å²) < 4.78 is 33.3. The number of rotatable bonds is 1. The molecule has 2 N–H and O–H groups in total. The fourth-order valence-electron chi connectivity index (χ4n) is 2.49. The number of ketones is 2. The van der Waals surface area contributed by atoms with Crippen molar-refractivity contribution < 1.29 is 32.8 Å². The zero-order valence-corrected chi connectivity index (χ0v) is 13.4. The molecule has 0 unspecified atom stereocenters. The zero-order valence-electron chi connectivity index (χ0n) is 11.0. The molecule has 0 saturated carbocycles. The van der Waals surface area contributed by atoms with Crippen LogP contribution in [0.5, 0.6) is 11.5 Å². The maximum absolute atomic E-state index is 12.5. The molecular formula is C14H6BrO7S-. The van der Waals surface area contributed by atoms with Gasteiger partial charge in [-0.15, -0.1) is 0 Å². The third kappa shape index (κ3) is 2.08. The van der Waals surface area contributed by atoms with Crippen LogP contribution in [0.4, 0.5) is 0 Å². The quantitative estimate of drug-likeness (QED) is 0.595. The molecule has 0 heterocycles. The molecule has 0 amide bonds. The number of hydrogen-bond acceptors (Lipinski definition) is 7. The van der Waals surface area contributed by atoms with E-state index in [-0.39, 0.29) is 11.1 Å². The molecule has 2 aromatic rings. The molecular weight excluding hydrogens is 392 g/mol. The minimum atomic E-state index is -5.28. The van der Waals surface area contributed by atoms with Gasteiger partial charge in [-0.25, -0.2) is 8.42 Å². The number of halogens is 1. The molecule has 0 aromatic heterocycles. The fourth-order valence-corrected chi connectivity index (χ4v) is 3.88. The van der Waals surface area contributed by atoms with Crippen molar-refractivity contribution in [2.75, 3.05) is 0 Å². The Bertz CT molecular complexity index is 1010. The molecule has 23 heavy (non-hydrogen) atoms. The maximum atomic E-state index is 12.5. The molecule has 0 radical (unpaired) electrons. The molecule has 0 aliphatic heterocycles. The molecule has 0 atom stereocenters. The van der Waals surface area contributed by atoms with Crippen LogP contribution in [0, 0.1) is 0 Å². The summed E-state index contributed by atoms with van der Waals surface area (Å²) in [6, 6.07) is 5.74. The summed E-state index contributed by atoms with van der Waals surface area (Å²) in [5.74, 6) is -3.86. The van der Waals surface area contributed by atoms with E-state index in [2.05, 4.69) is 15.9 Å². The largest absolute Gasteiger partial charge is 0.744 e. The van der Waals surface area contributed by atoms with Gasteiger partial charge in [-0.05, 0) is 15.9 Å². The minimum absolute atomic E-state index is 0.0351. The van der Waals surface area contributed by atoms with Crippen LogP contribution in [-0.2, 0) is 10.1 Å². The van der Waals surface area contributed by atoms with Crippen molar-refractivity contribution >= 4 is 37.6 Å². The second kappa shape index (κ2) is 4.88. The van der Waals surface area contributed by atoms with Gasteiger partial charge in [0, 0.05) is 11.1 Å². The summed E-state index contributed by atoms with van der Waals surface area (Å²) in [7, 11) is -5.28. The Kier molecular flexibility index (Phi) is 3.32. The van der Waals surface area contributed by atoms with Crippen molar-refractivity contribution in [3.8, 4) is 11.5 Å². The van der Waals surface area contributed by atoms with Crippen LogP contribution in [-0.4, -0.2) is 34.8 Å². The monoisotopic (exact) mass is 397 g/mol. The van der Waals surface area contributed by atoms with Crippen LogP contribution >= 0.6 is 15.9 Å². The lowest BCUT2D eigenvalue weighted by Crippen LogP contribution is -2.22. The predicted molar refractivity (Wildman–Crippen MR) is 78.7 cm³/mol. The van der Waals surface area contributed by atoms with Crippen molar-refractivity contribution in [2.45, 2.75) is 4.90 Å². The van der Waals surface area contributed by atoms with Gasteiger partial charge in [0.05, 0.1) is 15.6 Å². The lowest BCUT2D eigenvalue weighted by molar-refractivity contribution is 0.0975. The summed E-state index contributed by atoms with van der Waals surface area (Å²) in [6.45, 7) is 0. The number of carbonyl (C=O) groups excluding carboxylic acids is 2. The molecule has 3 rings (SSSR count). The van der Waals surface area contributed by atoms with Crippen molar-refractivity contribution in [1.29, 1.82) is 0 Å². The molecule has 0 spiro atoms. The van der Waals surface area contributed by atoms with Gasteiger partial charge in [0.2, 0.25) is 0 Å². The number of phenolic OH excluding ortho intramolecular Hbond substituents is 2. The summed E-state index contributed by atoms with van der Waals surface area (Å²) >= 11 is 2.83. The SMILES string of the molecule is O=C1c2ccccc2C(=O)c2c(Br)c(O)c(S(=O)(=O)[O-])c(O)c21. The lowest BCUT2D eigenvalue weighted by atomic mass is 9.83. The van der Waals surface area contributed by atoms with E-state index in [4.69, 9.17) is 0 Å². The summed E-state index contributed by atoms with van der Waals surface area (Å²) in [6.07, 6.45) is 0. The number of aromatic hydroxyl groups is 2. The lowest BCUT2D eigenvalue weighted by Gasteiger charge is -2.23. The van der Waals surface area contributed by atoms with Crippen molar-refractivity contribution in [3.63, 3.8) is 0 Å². The van der Waals surface area contributed by atoms with Gasteiger partial charge >= 0.3 is 0 Å². The number of carbonyl (C=O) groups is 2. The highest BCUT2D eigenvalue weighted by Gasteiger charge is 2.38. The minimum Gasteiger partial charge on any atom is -0.744 e. The Morgan fingerprint density at radius 1 is 0.913 bits per heavy atom. The van der Waals surface area contributed by atoms with E-state index in [0.29, 0.717) is 0 Å². The van der Waals surface area contributed by atoms with Crippen LogP contribution < -0.4 is 0 Å². The highest BCUT2D eigenvalue weighted by Crippen LogP contribution is 2.46. The number of benzene rings is 2. The van der Waals surface area contributed by atoms with Crippen molar-refractivity contribution in [2.24, 2.45) is 0 Å². The highest BCUT2D eigenvalue weighted by atomic mass is 79.9. The number of hydrogen-bond donors (Lipinski definition) is 2. The first kappa shape index (κ1) is 15.7. The summed E-state index contributed by atoms with van der Waals surface area (Å²) in [5.41, 5.74) is -1.02. The Hall–Kier alpha value is -2.23. The highest BCUT2D eigenvalue weighted by molar-refractivity contribution is 9.10. The molecule has 118 valence electrons. The van der Waals surface area contributed by atoms with E-state index < -0.39 is 53.7 Å². The topological polar surface area (TPSA) is 132 Å². The van der Waals surface area contributed by atoms with Gasteiger partial charge < -0.3 is 14.8 Å². The fraction of sp³-hybridized carbons (Fsp3) is 0. The molecule has 0 saturated heterocycles. The van der Waals surface area contributed by atoms with Gasteiger partial charge in [-0.2, -0.15) is 0 Å². The Morgan fingerprint density at radius 3 is 1.87 bits per heavy atom. The third-order valence-electron chi connectivity index (χ3n) is 3.46. The second-order valence-electron chi connectivity index (χ2n) is 4.75. The first-order valence-electron chi connectivity index (χ1n) is 6.08. The van der Waals surface area contributed by atoms with Gasteiger partial charge in [-0.3, -0.25) is 9.59 Å². The van der Waals surface area contributed by atoms with Gasteiger partial charge in [0.25, 0.3) is 0 Å². The maximum Gasteiger partial charge on any atom is 0.198 e. The van der Waals surface area contributed by atoms with Crippen molar-refractivity contribution in [1.82, 2.24) is 0 Å². The van der Waals surface area contributed by atoms with Crippen LogP contribution in [0.25, 0.3) is 0 Å². The van der Waals surface area contributed by atoms with Crippen LogP contribution in [0.3, 0.4) is 0 Å². The average molecular weight is 398 g/mol. The van der Waals surface area contributed by atoms with Crippen LogP contribution in [0.15, 0.2) is 33.6 Å². The first-order valence-corrected chi connectivity index (χ1v) is 8.28. The second-order valence-corrected chi connectivity index (χ2v) is 6.86. The number of phenols is 2. The zero-order chi connectivity index (χ0) is 17.1. The Balaban J connectivity index is 2.50. The predicted octanol–water partition coefficient (Wildman–Crippen LogP) is 1.54. The Labute approximate surface area is 138 Å². The molecule has 2 aromatic carbocycles. The molecule has 1 aliphatic rings. The molecule has 0 fully saturated rings. The van der Waals surface area contributed by atoms with Gasteiger partial charge in [0.15, 0.2) is 17.3 Å². The average Bonchev–Trinajstić information content (AvgIpc) is 2.47. The molecule has 7 nitrogen and oxygen atoms in total. The summed E-state index contributed by atoms with van der Waals surface area (Å²) in [5, 5.41) is 19.9. The normalized spacial score (nSPS) is 13.7. The van der Waals surface area contributed by atoms with E-state index in [1.54, 1.807) is 0 Å². The van der Waals surface area contributed by atoms with E-state index >= 15 is 0 Å². The summed E-state index contributed by atoms with van der Waals surface area (Å²) in [4.78, 5) is 23.7. The standard InChI is InChI=1S/C14H7BrO7S/c15-9-7-8(12(18)14(13(9)19)23(20,21)22)11(17)6-4-2-1-3-5(6)10(7)16/h1-4,18-19H,(H,20,21,22)/p-1. The van der Waals surface area contributed by atoms with Crippen LogP contribution in [0.1, 0.15) is 31.8 Å². The van der Waals surface area contributed by atoms with Crippen molar-refractivity contribution in [3.05, 3.63) is 51.0 Å². The molecule has 1 aliphatic carbocycles. The first-order chi connectivity index (χ1) is 10.7. The molecule has 9 heteroatoms. The smallest absolute Gasteiger partial charge is 0.198 e. The van der Waals surface area contributed by atoms with E-state index in [1.165, 1.54) is 24.3 Å². The van der Waals surface area contributed by atoms with Gasteiger partial charge in [0.1, 0.15) is 20.8 Å². The Morgan fingerprint density at radius 2 is 1.39 bits per heavy atom. The van der Waals surface area contributed by atoms with E-state index in [0.717, 1.165) is 0 Å². The molecule has 0 bridgehead atoms. The van der Waals surface area contributed by atoms with Gasteiger partial charge in [-0.1, -0.05) is 24.3 Å². The van der Waals surface area contributed by atoms with E-state index in [9.17, 15) is 32.8 Å². The van der Waals surface area contributed by atoms with Crippen LogP contribution in [0.2, 0.25) is 0 Å².